The van der Waals surface area contributed by atoms with Crippen molar-refractivity contribution in [2.24, 2.45) is 5.73 Å². The third-order valence-corrected chi connectivity index (χ3v) is 5.70. The molecule has 0 bridgehead atoms. The van der Waals surface area contributed by atoms with E-state index in [-0.39, 0.29) is 35.1 Å². The summed E-state index contributed by atoms with van der Waals surface area (Å²) in [6.45, 7) is 0.00455. The van der Waals surface area contributed by atoms with E-state index in [1.165, 1.54) is 42.7 Å². The van der Waals surface area contributed by atoms with Crippen LogP contribution in [0.3, 0.4) is 0 Å². The van der Waals surface area contributed by atoms with Gasteiger partial charge in [-0.05, 0) is 37.3 Å². The predicted octanol–water partition coefficient (Wildman–Crippen LogP) is 1.59. The van der Waals surface area contributed by atoms with E-state index in [0.717, 1.165) is 9.36 Å². The molecule has 210 valence electrons. The smallest absolute Gasteiger partial charge is 0.416 e. The minimum Gasteiger partial charge on any atom is -0.462 e. The number of alkyl halides is 3. The fourth-order valence-corrected chi connectivity index (χ4v) is 3.74. The standard InChI is InChI=1S/C23H20ClF3N8O5/c1-2-40-21(38)14-7-8-29-9-15(14)35-20(18(28)37)30-17(31-35)11-34-22(39)33(10-16(36)23(25,26)27)19(32-34)12-3-5-13(24)6-4-12/h3-9,16,36H,2,10-11H2,1H3,(H2,28,37). The number of benzene rings is 1. The van der Waals surface area contributed by atoms with Crippen molar-refractivity contribution in [1.82, 2.24) is 34.1 Å². The second-order valence-corrected chi connectivity index (χ2v) is 8.62. The highest BCUT2D eigenvalue weighted by molar-refractivity contribution is 6.30. The molecule has 17 heteroatoms. The lowest BCUT2D eigenvalue weighted by Gasteiger charge is -2.15. The average Bonchev–Trinajstić information content (AvgIpc) is 3.46. The summed E-state index contributed by atoms with van der Waals surface area (Å²) < 4.78 is 46.7. The van der Waals surface area contributed by atoms with E-state index in [1.807, 2.05) is 0 Å². The molecule has 3 heterocycles. The molecule has 3 aromatic heterocycles. The van der Waals surface area contributed by atoms with Crippen molar-refractivity contribution in [3.63, 3.8) is 0 Å². The lowest BCUT2D eigenvalue weighted by Crippen LogP contribution is -2.37. The molecule has 0 saturated heterocycles. The average molecular weight is 581 g/mol. The molecule has 1 amide bonds. The van der Waals surface area contributed by atoms with E-state index in [9.17, 15) is 32.7 Å². The molecule has 1 aromatic carbocycles. The molecule has 0 radical (unpaired) electrons. The van der Waals surface area contributed by atoms with Crippen molar-refractivity contribution in [2.45, 2.75) is 32.3 Å². The molecule has 3 N–H and O–H groups in total. The molecule has 0 aliphatic heterocycles. The van der Waals surface area contributed by atoms with Gasteiger partial charge in [-0.15, -0.1) is 10.2 Å². The van der Waals surface area contributed by atoms with E-state index >= 15 is 0 Å². The van der Waals surface area contributed by atoms with E-state index in [1.54, 1.807) is 6.92 Å². The number of nitrogens with two attached hydrogens (primary N) is 1. The molecule has 1 atom stereocenters. The van der Waals surface area contributed by atoms with Crippen molar-refractivity contribution in [3.8, 4) is 17.1 Å². The van der Waals surface area contributed by atoms with Crippen molar-refractivity contribution < 1.29 is 32.6 Å². The van der Waals surface area contributed by atoms with Crippen LogP contribution in [0.4, 0.5) is 13.2 Å². The van der Waals surface area contributed by atoms with Crippen LogP contribution in [-0.4, -0.2) is 70.0 Å². The number of rotatable bonds is 9. The molecule has 0 aliphatic rings. The van der Waals surface area contributed by atoms with E-state index in [2.05, 4.69) is 20.2 Å². The Hall–Kier alpha value is -4.57. The number of carbonyl (C=O) groups excluding carboxylic acids is 2. The Morgan fingerprint density at radius 3 is 2.50 bits per heavy atom. The first kappa shape index (κ1) is 28.4. The van der Waals surface area contributed by atoms with Gasteiger partial charge in [-0.2, -0.15) is 13.2 Å². The Kier molecular flexibility index (Phi) is 8.01. The first-order chi connectivity index (χ1) is 18.9. The number of aliphatic hydroxyl groups excluding tert-OH is 1. The third-order valence-electron chi connectivity index (χ3n) is 5.44. The van der Waals surface area contributed by atoms with Gasteiger partial charge in [0.1, 0.15) is 12.2 Å². The molecule has 0 saturated carbocycles. The number of esters is 1. The van der Waals surface area contributed by atoms with Crippen LogP contribution in [0.5, 0.6) is 0 Å². The molecule has 4 rings (SSSR count). The Labute approximate surface area is 227 Å². The van der Waals surface area contributed by atoms with Gasteiger partial charge in [0.25, 0.3) is 5.91 Å². The van der Waals surface area contributed by atoms with Gasteiger partial charge in [-0.1, -0.05) is 11.6 Å². The summed E-state index contributed by atoms with van der Waals surface area (Å²) in [5.74, 6) is -2.59. The second-order valence-electron chi connectivity index (χ2n) is 8.18. The first-order valence-electron chi connectivity index (χ1n) is 11.5. The van der Waals surface area contributed by atoms with Crippen LogP contribution < -0.4 is 11.4 Å². The van der Waals surface area contributed by atoms with E-state index < -0.39 is 48.8 Å². The maximum absolute atomic E-state index is 13.1. The molecule has 40 heavy (non-hydrogen) atoms. The molecule has 1 unspecified atom stereocenters. The summed E-state index contributed by atoms with van der Waals surface area (Å²) in [6, 6.07) is 7.09. The number of aliphatic hydroxyl groups is 1. The Morgan fingerprint density at radius 1 is 1.18 bits per heavy atom. The fourth-order valence-electron chi connectivity index (χ4n) is 3.62. The van der Waals surface area contributed by atoms with Gasteiger partial charge in [0.05, 0.1) is 24.9 Å². The summed E-state index contributed by atoms with van der Waals surface area (Å²) in [6.07, 6.45) is -5.33. The lowest BCUT2D eigenvalue weighted by atomic mass is 10.2. The van der Waals surface area contributed by atoms with Crippen LogP contribution in [0.1, 0.15) is 33.7 Å². The van der Waals surface area contributed by atoms with E-state index in [4.69, 9.17) is 22.1 Å². The zero-order valence-electron chi connectivity index (χ0n) is 20.5. The first-order valence-corrected chi connectivity index (χ1v) is 11.8. The highest BCUT2D eigenvalue weighted by Gasteiger charge is 2.39. The Morgan fingerprint density at radius 2 is 1.88 bits per heavy atom. The predicted molar refractivity (Wildman–Crippen MR) is 132 cm³/mol. The molecular formula is C23H20ClF3N8O5. The van der Waals surface area contributed by atoms with Gasteiger partial charge in [0, 0.05) is 16.8 Å². The monoisotopic (exact) mass is 580 g/mol. The Bertz CT molecular complexity index is 1610. The number of aromatic nitrogens is 7. The zero-order chi connectivity index (χ0) is 29.2. The van der Waals surface area contributed by atoms with Crippen LogP contribution in [0, 0.1) is 0 Å². The molecular weight excluding hydrogens is 561 g/mol. The number of nitrogens with zero attached hydrogens (tertiary/aromatic N) is 7. The van der Waals surface area contributed by atoms with Crippen LogP contribution in [0.15, 0.2) is 47.5 Å². The summed E-state index contributed by atoms with van der Waals surface area (Å²) in [4.78, 5) is 45.7. The number of pyridine rings is 1. The van der Waals surface area contributed by atoms with Crippen molar-refractivity contribution >= 4 is 23.5 Å². The van der Waals surface area contributed by atoms with Crippen molar-refractivity contribution in [1.29, 1.82) is 0 Å². The normalized spacial score (nSPS) is 12.3. The summed E-state index contributed by atoms with van der Waals surface area (Å²) in [5.41, 5.74) is 4.65. The number of hydrogen-bond acceptors (Lipinski definition) is 9. The van der Waals surface area contributed by atoms with Gasteiger partial charge in [-0.3, -0.25) is 14.3 Å². The van der Waals surface area contributed by atoms with Crippen LogP contribution in [0.2, 0.25) is 5.02 Å². The van der Waals surface area contributed by atoms with Crippen molar-refractivity contribution in [2.75, 3.05) is 6.61 Å². The molecule has 4 aromatic rings. The molecule has 13 nitrogen and oxygen atoms in total. The van der Waals surface area contributed by atoms with Gasteiger partial charge in [0.2, 0.25) is 5.82 Å². The zero-order valence-corrected chi connectivity index (χ0v) is 21.3. The van der Waals surface area contributed by atoms with Gasteiger partial charge >= 0.3 is 17.8 Å². The van der Waals surface area contributed by atoms with Gasteiger partial charge in [-0.25, -0.2) is 23.9 Å². The molecule has 0 spiro atoms. The summed E-state index contributed by atoms with van der Waals surface area (Å²) in [7, 11) is 0. The number of hydrogen-bond donors (Lipinski definition) is 2. The van der Waals surface area contributed by atoms with E-state index in [0.29, 0.717) is 9.59 Å². The number of amides is 1. The number of primary amides is 1. The SMILES string of the molecule is CCOC(=O)c1ccncc1-n1nc(Cn2nc(-c3ccc(Cl)cc3)n(CC(O)C(F)(F)F)c2=O)nc1C(N)=O. The summed E-state index contributed by atoms with van der Waals surface area (Å²) in [5, 5.41) is 18.3. The highest BCUT2D eigenvalue weighted by Crippen LogP contribution is 2.24. The largest absolute Gasteiger partial charge is 0.462 e. The highest BCUT2D eigenvalue weighted by atomic mass is 35.5. The topological polar surface area (TPSA) is 173 Å². The minimum absolute atomic E-state index is 0.00142. The van der Waals surface area contributed by atoms with Crippen LogP contribution >= 0.6 is 11.6 Å². The number of ether oxygens (including phenoxy) is 1. The summed E-state index contributed by atoms with van der Waals surface area (Å²) >= 11 is 5.90. The minimum atomic E-state index is -5.00. The maximum Gasteiger partial charge on any atom is 0.416 e. The Balaban J connectivity index is 1.79. The lowest BCUT2D eigenvalue weighted by molar-refractivity contribution is -0.207. The van der Waals surface area contributed by atoms with Crippen LogP contribution in [-0.2, 0) is 17.8 Å². The maximum atomic E-state index is 13.1. The molecule has 0 fully saturated rings. The fraction of sp³-hybridized carbons (Fsp3) is 0.261. The quantitative estimate of drug-likeness (QED) is 0.279. The molecule has 0 aliphatic carbocycles. The van der Waals surface area contributed by atoms with Crippen LogP contribution in [0.25, 0.3) is 17.1 Å². The number of carbonyl (C=O) groups is 2. The number of halogens is 4. The van der Waals surface area contributed by atoms with Gasteiger partial charge < -0.3 is 15.6 Å². The third kappa shape index (κ3) is 5.86. The van der Waals surface area contributed by atoms with Crippen molar-refractivity contribution in [3.05, 3.63) is 75.4 Å². The second kappa shape index (κ2) is 11.3. The van der Waals surface area contributed by atoms with Gasteiger partial charge in [0.15, 0.2) is 17.8 Å².